The number of nitrogens with zero attached hydrogens (tertiary/aromatic N) is 2. The SMILES string of the molecule is Cc1cc(=O)n(-c2ccc(NS(=O)(=O)c3ccc(Cl)cc3)cn2)[nH]1. The van der Waals surface area contributed by atoms with Crippen molar-refractivity contribution >= 4 is 27.3 Å². The molecule has 24 heavy (non-hydrogen) atoms. The van der Waals surface area contributed by atoms with E-state index in [1.807, 2.05) is 0 Å². The Morgan fingerprint density at radius 2 is 1.88 bits per heavy atom. The summed E-state index contributed by atoms with van der Waals surface area (Å²) in [5.74, 6) is 0.363. The molecule has 0 bridgehead atoms. The minimum absolute atomic E-state index is 0.0900. The maximum absolute atomic E-state index is 12.3. The molecule has 0 unspecified atom stereocenters. The van der Waals surface area contributed by atoms with E-state index >= 15 is 0 Å². The molecule has 0 atom stereocenters. The van der Waals surface area contributed by atoms with Crippen molar-refractivity contribution in [2.24, 2.45) is 0 Å². The highest BCUT2D eigenvalue weighted by molar-refractivity contribution is 7.92. The van der Waals surface area contributed by atoms with Crippen LogP contribution < -0.4 is 10.3 Å². The van der Waals surface area contributed by atoms with Crippen molar-refractivity contribution in [3.8, 4) is 5.82 Å². The number of aryl methyl sites for hydroxylation is 1. The minimum Gasteiger partial charge on any atom is -0.294 e. The van der Waals surface area contributed by atoms with E-state index in [1.54, 1.807) is 6.92 Å². The van der Waals surface area contributed by atoms with E-state index < -0.39 is 10.0 Å². The summed E-state index contributed by atoms with van der Waals surface area (Å²) in [5.41, 5.74) is 0.744. The maximum atomic E-state index is 12.3. The number of halogens is 1. The van der Waals surface area contributed by atoms with Crippen LogP contribution in [0.25, 0.3) is 5.82 Å². The molecule has 124 valence electrons. The highest BCUT2D eigenvalue weighted by Crippen LogP contribution is 2.18. The Hall–Kier alpha value is -2.58. The van der Waals surface area contributed by atoms with Crippen LogP contribution >= 0.6 is 11.6 Å². The molecule has 0 amide bonds. The molecule has 0 aliphatic carbocycles. The predicted molar refractivity (Wildman–Crippen MR) is 91.2 cm³/mol. The predicted octanol–water partition coefficient (Wildman–Crippen LogP) is 2.32. The van der Waals surface area contributed by atoms with Crippen molar-refractivity contribution in [2.75, 3.05) is 4.72 Å². The van der Waals surface area contributed by atoms with Gasteiger partial charge in [-0.2, -0.15) is 0 Å². The molecular formula is C15H13ClN4O3S. The summed E-state index contributed by atoms with van der Waals surface area (Å²) in [6.07, 6.45) is 1.34. The normalized spacial score (nSPS) is 11.4. The number of hydrogen-bond acceptors (Lipinski definition) is 4. The van der Waals surface area contributed by atoms with Gasteiger partial charge < -0.3 is 0 Å². The van der Waals surface area contributed by atoms with E-state index in [0.717, 1.165) is 0 Å². The molecule has 0 aliphatic heterocycles. The van der Waals surface area contributed by atoms with Gasteiger partial charge in [0.15, 0.2) is 5.82 Å². The molecule has 3 rings (SSSR count). The number of pyridine rings is 1. The fourth-order valence-corrected chi connectivity index (χ4v) is 3.26. The smallest absolute Gasteiger partial charge is 0.272 e. The third-order valence-corrected chi connectivity index (χ3v) is 4.85. The van der Waals surface area contributed by atoms with Crippen LogP contribution in [0.2, 0.25) is 5.02 Å². The first kappa shape index (κ1) is 16.3. The summed E-state index contributed by atoms with van der Waals surface area (Å²) < 4.78 is 28.3. The topological polar surface area (TPSA) is 96.8 Å². The monoisotopic (exact) mass is 364 g/mol. The number of H-pyrrole nitrogens is 1. The van der Waals surface area contributed by atoms with Crippen LogP contribution in [0.4, 0.5) is 5.69 Å². The number of rotatable bonds is 4. The summed E-state index contributed by atoms with van der Waals surface area (Å²) in [6, 6.07) is 10.3. The lowest BCUT2D eigenvalue weighted by molar-refractivity contribution is 0.601. The molecule has 0 saturated carbocycles. The quantitative estimate of drug-likeness (QED) is 0.742. The van der Waals surface area contributed by atoms with Gasteiger partial charge >= 0.3 is 0 Å². The molecule has 2 aromatic heterocycles. The lowest BCUT2D eigenvalue weighted by Gasteiger charge is -2.08. The zero-order valence-electron chi connectivity index (χ0n) is 12.5. The third-order valence-electron chi connectivity index (χ3n) is 3.20. The fourth-order valence-electron chi connectivity index (χ4n) is 2.09. The first-order valence-corrected chi connectivity index (χ1v) is 8.75. The summed E-state index contributed by atoms with van der Waals surface area (Å²) >= 11 is 5.76. The average molecular weight is 365 g/mol. The standard InChI is InChI=1S/C15H13ClN4O3S/c1-10-8-15(21)20(18-10)14-7-4-12(9-17-14)19-24(22,23)13-5-2-11(16)3-6-13/h2-9,18-19H,1H3. The molecular weight excluding hydrogens is 352 g/mol. The van der Waals surface area contributed by atoms with Crippen LogP contribution in [-0.4, -0.2) is 23.2 Å². The number of anilines is 1. The Balaban J connectivity index is 1.85. The summed E-state index contributed by atoms with van der Waals surface area (Å²) in [4.78, 5) is 15.9. The van der Waals surface area contributed by atoms with Crippen molar-refractivity contribution in [3.05, 3.63) is 69.7 Å². The van der Waals surface area contributed by atoms with Crippen LogP contribution in [0.5, 0.6) is 0 Å². The molecule has 2 heterocycles. The van der Waals surface area contributed by atoms with Crippen LogP contribution in [-0.2, 0) is 10.0 Å². The lowest BCUT2D eigenvalue weighted by atomic mass is 10.4. The molecule has 7 nitrogen and oxygen atoms in total. The van der Waals surface area contributed by atoms with Gasteiger partial charge in [0.2, 0.25) is 0 Å². The Morgan fingerprint density at radius 1 is 1.17 bits per heavy atom. The first-order valence-electron chi connectivity index (χ1n) is 6.89. The molecule has 3 aromatic rings. The van der Waals surface area contributed by atoms with Gasteiger partial charge in [-0.3, -0.25) is 14.6 Å². The molecule has 2 N–H and O–H groups in total. The van der Waals surface area contributed by atoms with E-state index in [4.69, 9.17) is 11.6 Å². The average Bonchev–Trinajstić information content (AvgIpc) is 2.87. The van der Waals surface area contributed by atoms with Gasteiger partial charge in [0.05, 0.1) is 16.8 Å². The molecule has 9 heteroatoms. The van der Waals surface area contributed by atoms with Crippen LogP contribution in [0.15, 0.2) is 58.4 Å². The van der Waals surface area contributed by atoms with Crippen molar-refractivity contribution in [1.82, 2.24) is 14.8 Å². The van der Waals surface area contributed by atoms with E-state index in [-0.39, 0.29) is 16.1 Å². The largest absolute Gasteiger partial charge is 0.294 e. The molecule has 0 aliphatic rings. The minimum atomic E-state index is -3.74. The van der Waals surface area contributed by atoms with Crippen molar-refractivity contribution in [2.45, 2.75) is 11.8 Å². The van der Waals surface area contributed by atoms with Gasteiger partial charge in [0.25, 0.3) is 15.6 Å². The highest BCUT2D eigenvalue weighted by Gasteiger charge is 2.14. The summed E-state index contributed by atoms with van der Waals surface area (Å²) in [6.45, 7) is 1.76. The van der Waals surface area contributed by atoms with Crippen molar-refractivity contribution in [3.63, 3.8) is 0 Å². The Kier molecular flexibility index (Phi) is 4.16. The van der Waals surface area contributed by atoms with Gasteiger partial charge in [-0.1, -0.05) is 11.6 Å². The summed E-state index contributed by atoms with van der Waals surface area (Å²) in [7, 11) is -3.74. The second-order valence-corrected chi connectivity index (χ2v) is 7.20. The molecule has 0 spiro atoms. The Labute approximate surface area is 143 Å². The Morgan fingerprint density at radius 3 is 2.42 bits per heavy atom. The first-order chi connectivity index (χ1) is 11.3. The lowest BCUT2D eigenvalue weighted by Crippen LogP contribution is -2.16. The number of aromatic nitrogens is 3. The van der Waals surface area contributed by atoms with Crippen molar-refractivity contribution < 1.29 is 8.42 Å². The zero-order valence-corrected chi connectivity index (χ0v) is 14.1. The van der Waals surface area contributed by atoms with Crippen LogP contribution in [0.3, 0.4) is 0 Å². The van der Waals surface area contributed by atoms with Gasteiger partial charge in [-0.05, 0) is 43.3 Å². The van der Waals surface area contributed by atoms with Crippen LogP contribution in [0.1, 0.15) is 5.69 Å². The number of aromatic amines is 1. The van der Waals surface area contributed by atoms with Gasteiger partial charge in [0.1, 0.15) is 0 Å². The fraction of sp³-hybridized carbons (Fsp3) is 0.0667. The molecule has 1 aromatic carbocycles. The second kappa shape index (κ2) is 6.14. The number of sulfonamides is 1. The van der Waals surface area contributed by atoms with E-state index in [1.165, 1.54) is 53.3 Å². The van der Waals surface area contributed by atoms with Gasteiger partial charge in [-0.25, -0.2) is 18.1 Å². The van der Waals surface area contributed by atoms with Gasteiger partial charge in [-0.15, -0.1) is 0 Å². The zero-order chi connectivity index (χ0) is 17.3. The van der Waals surface area contributed by atoms with Crippen LogP contribution in [0, 0.1) is 6.92 Å². The Bertz CT molecular complexity index is 1020. The van der Waals surface area contributed by atoms with E-state index in [2.05, 4.69) is 14.8 Å². The maximum Gasteiger partial charge on any atom is 0.272 e. The van der Waals surface area contributed by atoms with E-state index in [9.17, 15) is 13.2 Å². The molecule has 0 radical (unpaired) electrons. The summed E-state index contributed by atoms with van der Waals surface area (Å²) in [5, 5.41) is 3.30. The molecule has 0 fully saturated rings. The number of benzene rings is 1. The van der Waals surface area contributed by atoms with E-state index in [0.29, 0.717) is 16.5 Å². The van der Waals surface area contributed by atoms with Crippen molar-refractivity contribution in [1.29, 1.82) is 0 Å². The van der Waals surface area contributed by atoms with Gasteiger partial charge in [0, 0.05) is 16.8 Å². The second-order valence-electron chi connectivity index (χ2n) is 5.08. The molecule has 0 saturated heterocycles. The number of nitrogens with one attached hydrogen (secondary N) is 2. The highest BCUT2D eigenvalue weighted by atomic mass is 35.5. The number of hydrogen-bond donors (Lipinski definition) is 2. The third kappa shape index (κ3) is 3.34.